The molecule has 5 aromatic rings. The van der Waals surface area contributed by atoms with E-state index in [0.717, 1.165) is 37.3 Å². The Bertz CT molecular complexity index is 1280. The molecule has 0 fully saturated rings. The van der Waals surface area contributed by atoms with Gasteiger partial charge in [0.2, 0.25) is 0 Å². The van der Waals surface area contributed by atoms with Crippen LogP contribution >= 0.6 is 34.4 Å². The summed E-state index contributed by atoms with van der Waals surface area (Å²) >= 11 is 4.67. The van der Waals surface area contributed by atoms with Gasteiger partial charge in [-0.25, -0.2) is 9.97 Å². The van der Waals surface area contributed by atoms with Crippen LogP contribution in [0.25, 0.3) is 32.4 Å². The molecule has 28 heavy (non-hydrogen) atoms. The van der Waals surface area contributed by atoms with Gasteiger partial charge in [0.25, 0.3) is 11.1 Å². The first-order valence-electron chi connectivity index (χ1n) is 8.47. The molecule has 0 saturated heterocycles. The molecule has 5 aromatic heterocycles. The molecule has 0 N–H and O–H groups in total. The minimum atomic E-state index is 0.441. The van der Waals surface area contributed by atoms with Crippen LogP contribution in [0.2, 0.25) is 0 Å². The van der Waals surface area contributed by atoms with Crippen LogP contribution in [0.4, 0.5) is 0 Å². The van der Waals surface area contributed by atoms with E-state index in [4.69, 9.17) is 18.8 Å². The van der Waals surface area contributed by atoms with E-state index in [1.165, 1.54) is 22.2 Å². The Morgan fingerprint density at radius 3 is 2.71 bits per heavy atom. The van der Waals surface area contributed by atoms with Gasteiger partial charge in [-0.1, -0.05) is 6.07 Å². The van der Waals surface area contributed by atoms with Crippen LogP contribution in [-0.2, 0) is 0 Å². The van der Waals surface area contributed by atoms with Crippen molar-refractivity contribution in [1.82, 2.24) is 20.2 Å². The highest BCUT2D eigenvalue weighted by molar-refractivity contribution is 7.99. The Balaban J connectivity index is 1.60. The van der Waals surface area contributed by atoms with Crippen molar-refractivity contribution < 1.29 is 8.83 Å². The van der Waals surface area contributed by atoms with Crippen LogP contribution < -0.4 is 0 Å². The second-order valence-corrected chi connectivity index (χ2v) is 9.25. The summed E-state index contributed by atoms with van der Waals surface area (Å²) < 4.78 is 11.2. The van der Waals surface area contributed by atoms with Crippen molar-refractivity contribution in [1.29, 1.82) is 0 Å². The second-order valence-electron chi connectivity index (χ2n) is 6.16. The number of hydrogen-bond acceptors (Lipinski definition) is 9. The molecule has 0 unspecified atom stereocenters. The van der Waals surface area contributed by atoms with Crippen molar-refractivity contribution in [2.24, 2.45) is 0 Å². The summed E-state index contributed by atoms with van der Waals surface area (Å²) in [6.45, 7) is 6.07. The van der Waals surface area contributed by atoms with Gasteiger partial charge in [0, 0.05) is 10.3 Å². The Morgan fingerprint density at radius 2 is 1.96 bits per heavy atom. The fourth-order valence-corrected chi connectivity index (χ4v) is 5.46. The van der Waals surface area contributed by atoms with E-state index in [1.807, 2.05) is 30.5 Å². The molecular formula is C19H14N4O2S3. The molecule has 140 valence electrons. The molecule has 6 nitrogen and oxygen atoms in total. The number of thiophene rings is 2. The number of nitrogens with zero attached hydrogens (tertiary/aromatic N) is 4. The monoisotopic (exact) mass is 426 g/mol. The maximum atomic E-state index is 5.87. The minimum absolute atomic E-state index is 0.441. The standard InChI is InChI=1S/C19H14N4O2S3/c1-9-11(3)27-17-14(9)18(21-15(20-17)13-5-4-8-26-13)28-19-23-22-16(25-19)12-6-7-24-10(12)2/h4-8H,1-3H3. The molecule has 0 radical (unpaired) electrons. The van der Waals surface area contributed by atoms with Gasteiger partial charge in [0.05, 0.1) is 16.7 Å². The molecule has 0 bridgehead atoms. The molecule has 0 aromatic carbocycles. The maximum absolute atomic E-state index is 5.87. The number of furan rings is 1. The van der Waals surface area contributed by atoms with E-state index in [9.17, 15) is 0 Å². The average Bonchev–Trinajstić information content (AvgIpc) is 3.44. The van der Waals surface area contributed by atoms with Gasteiger partial charge in [0.1, 0.15) is 15.6 Å². The number of aromatic nitrogens is 4. The van der Waals surface area contributed by atoms with Gasteiger partial charge in [-0.15, -0.1) is 32.9 Å². The predicted octanol–water partition coefficient (Wildman–Crippen LogP) is 6.14. The zero-order valence-electron chi connectivity index (χ0n) is 15.2. The quantitative estimate of drug-likeness (QED) is 0.319. The Kier molecular flexibility index (Phi) is 4.30. The Labute approximate surface area is 172 Å². The van der Waals surface area contributed by atoms with Gasteiger partial charge in [-0.05, 0) is 55.6 Å². The molecule has 0 aliphatic rings. The summed E-state index contributed by atoms with van der Waals surface area (Å²) in [7, 11) is 0. The summed E-state index contributed by atoms with van der Waals surface area (Å²) in [6.07, 6.45) is 1.61. The lowest BCUT2D eigenvalue weighted by Gasteiger charge is -2.03. The van der Waals surface area contributed by atoms with E-state index in [0.29, 0.717) is 11.1 Å². The minimum Gasteiger partial charge on any atom is -0.469 e. The molecule has 0 aliphatic heterocycles. The predicted molar refractivity (Wildman–Crippen MR) is 111 cm³/mol. The van der Waals surface area contributed by atoms with Crippen molar-refractivity contribution in [3.63, 3.8) is 0 Å². The maximum Gasteiger partial charge on any atom is 0.283 e. The Morgan fingerprint density at radius 1 is 1.07 bits per heavy atom. The molecule has 0 spiro atoms. The molecule has 0 saturated carbocycles. The molecule has 9 heteroatoms. The number of rotatable bonds is 4. The molecule has 0 atom stereocenters. The first-order valence-corrected chi connectivity index (χ1v) is 11.0. The van der Waals surface area contributed by atoms with Crippen molar-refractivity contribution in [3.05, 3.63) is 46.0 Å². The second kappa shape index (κ2) is 6.84. The van der Waals surface area contributed by atoms with Crippen LogP contribution in [-0.4, -0.2) is 20.2 Å². The van der Waals surface area contributed by atoms with Crippen LogP contribution in [0.5, 0.6) is 0 Å². The van der Waals surface area contributed by atoms with E-state index in [1.54, 1.807) is 28.9 Å². The number of fused-ring (bicyclic) bond motifs is 1. The third-order valence-electron chi connectivity index (χ3n) is 4.42. The average molecular weight is 427 g/mol. The first-order chi connectivity index (χ1) is 13.6. The summed E-state index contributed by atoms with van der Waals surface area (Å²) in [6, 6.07) is 5.85. The fourth-order valence-electron chi connectivity index (χ4n) is 2.85. The summed E-state index contributed by atoms with van der Waals surface area (Å²) in [4.78, 5) is 12.8. The van der Waals surface area contributed by atoms with E-state index < -0.39 is 0 Å². The third kappa shape index (κ3) is 2.95. The molecule has 5 heterocycles. The topological polar surface area (TPSA) is 77.8 Å². The highest BCUT2D eigenvalue weighted by atomic mass is 32.2. The van der Waals surface area contributed by atoms with Crippen LogP contribution in [0.3, 0.4) is 0 Å². The van der Waals surface area contributed by atoms with Crippen molar-refractivity contribution in [2.45, 2.75) is 31.0 Å². The SMILES string of the molecule is Cc1occc1-c1nnc(Sc2nc(-c3cccs3)nc3sc(C)c(C)c23)o1. The molecular weight excluding hydrogens is 412 g/mol. The number of aryl methyl sites for hydroxylation is 3. The van der Waals surface area contributed by atoms with E-state index >= 15 is 0 Å². The molecule has 0 aliphatic carbocycles. The normalized spacial score (nSPS) is 11.5. The lowest BCUT2D eigenvalue weighted by atomic mass is 10.2. The van der Waals surface area contributed by atoms with Crippen molar-refractivity contribution in [3.8, 4) is 22.2 Å². The Hall–Kier alpha value is -2.49. The highest BCUT2D eigenvalue weighted by Gasteiger charge is 2.20. The summed E-state index contributed by atoms with van der Waals surface area (Å²) in [5.41, 5.74) is 1.99. The largest absolute Gasteiger partial charge is 0.469 e. The fraction of sp³-hybridized carbons (Fsp3) is 0.158. The lowest BCUT2D eigenvalue weighted by molar-refractivity contribution is 0.463. The zero-order valence-corrected chi connectivity index (χ0v) is 17.7. The van der Waals surface area contributed by atoms with Gasteiger partial charge in [-0.3, -0.25) is 0 Å². The number of hydrogen-bond donors (Lipinski definition) is 0. The lowest BCUT2D eigenvalue weighted by Crippen LogP contribution is -1.91. The van der Waals surface area contributed by atoms with E-state index in [-0.39, 0.29) is 0 Å². The van der Waals surface area contributed by atoms with Gasteiger partial charge >= 0.3 is 0 Å². The summed E-state index contributed by atoms with van der Waals surface area (Å²) in [5.74, 6) is 1.90. The van der Waals surface area contributed by atoms with E-state index in [2.05, 4.69) is 24.0 Å². The summed E-state index contributed by atoms with van der Waals surface area (Å²) in [5, 5.41) is 12.7. The zero-order chi connectivity index (χ0) is 19.3. The van der Waals surface area contributed by atoms with Crippen molar-refractivity contribution >= 4 is 44.7 Å². The third-order valence-corrected chi connectivity index (χ3v) is 7.21. The molecule has 0 amide bonds. The van der Waals surface area contributed by atoms with Crippen molar-refractivity contribution in [2.75, 3.05) is 0 Å². The van der Waals surface area contributed by atoms with Crippen LogP contribution in [0, 0.1) is 20.8 Å². The van der Waals surface area contributed by atoms with Crippen LogP contribution in [0.1, 0.15) is 16.2 Å². The van der Waals surface area contributed by atoms with Gasteiger partial charge in [0.15, 0.2) is 5.82 Å². The van der Waals surface area contributed by atoms with Crippen LogP contribution in [0.15, 0.2) is 48.9 Å². The smallest absolute Gasteiger partial charge is 0.283 e. The van der Waals surface area contributed by atoms with Gasteiger partial charge < -0.3 is 8.83 Å². The first kappa shape index (κ1) is 17.6. The molecule has 5 rings (SSSR count). The highest BCUT2D eigenvalue weighted by Crippen LogP contribution is 2.40. The van der Waals surface area contributed by atoms with Gasteiger partial charge in [-0.2, -0.15) is 0 Å².